The summed E-state index contributed by atoms with van der Waals surface area (Å²) in [6.45, 7) is 3.62. The maximum absolute atomic E-state index is 11.4. The van der Waals surface area contributed by atoms with E-state index in [0.29, 0.717) is 11.4 Å². The van der Waals surface area contributed by atoms with Crippen LogP contribution >= 0.6 is 0 Å². The number of nitrogen functional groups attached to an aromatic ring is 1. The first-order valence-electron chi connectivity index (χ1n) is 4.13. The molecule has 1 aromatic heterocycles. The minimum absolute atomic E-state index is 0.108. The Morgan fingerprint density at radius 3 is 2.62 bits per heavy atom. The maximum Gasteiger partial charge on any atom is 0.355 e. The predicted molar refractivity (Wildman–Crippen MR) is 50.4 cm³/mol. The van der Waals surface area contributed by atoms with Gasteiger partial charge in [-0.3, -0.25) is 0 Å². The maximum atomic E-state index is 11.4. The third-order valence-corrected chi connectivity index (χ3v) is 1.58. The molecule has 13 heavy (non-hydrogen) atoms. The molecule has 4 heteroatoms. The highest BCUT2D eigenvalue weighted by atomic mass is 16.5. The van der Waals surface area contributed by atoms with Crippen LogP contribution in [0.5, 0.6) is 0 Å². The molecule has 0 spiro atoms. The van der Waals surface area contributed by atoms with Crippen molar-refractivity contribution in [2.75, 3.05) is 5.73 Å². The molecular weight excluding hydrogens is 168 g/mol. The van der Waals surface area contributed by atoms with Gasteiger partial charge in [-0.15, -0.1) is 0 Å². The lowest BCUT2D eigenvalue weighted by molar-refractivity contribution is 0.0366. The second-order valence-corrected chi connectivity index (χ2v) is 3.22. The molecule has 0 unspecified atom stereocenters. The lowest BCUT2D eigenvalue weighted by Gasteiger charge is -2.07. The smallest absolute Gasteiger partial charge is 0.355 e. The molecule has 1 rings (SSSR count). The number of carbonyl (C=O) groups excluding carboxylic acids is 1. The summed E-state index contributed by atoms with van der Waals surface area (Å²) in [6.07, 6.45) is 1.57. The molecule has 0 radical (unpaired) electrons. The molecule has 0 bridgehead atoms. The van der Waals surface area contributed by atoms with E-state index >= 15 is 0 Å². The summed E-state index contributed by atoms with van der Waals surface area (Å²) in [5.74, 6) is -0.339. The van der Waals surface area contributed by atoms with Crippen molar-refractivity contribution in [2.45, 2.75) is 20.0 Å². The van der Waals surface area contributed by atoms with Crippen LogP contribution in [0, 0.1) is 0 Å². The molecule has 72 valence electrons. The molecule has 0 atom stereocenters. The Morgan fingerprint density at radius 2 is 2.23 bits per heavy atom. The highest BCUT2D eigenvalue weighted by Crippen LogP contribution is 2.10. The highest BCUT2D eigenvalue weighted by Gasteiger charge is 2.13. The fraction of sp³-hybridized carbons (Fsp3) is 0.444. The number of aryl methyl sites for hydroxylation is 1. The minimum Gasteiger partial charge on any atom is -0.458 e. The fourth-order valence-electron chi connectivity index (χ4n) is 1.07. The molecular formula is C9H14N2O2. The zero-order valence-corrected chi connectivity index (χ0v) is 8.07. The summed E-state index contributed by atoms with van der Waals surface area (Å²) in [4.78, 5) is 11.4. The summed E-state index contributed by atoms with van der Waals surface area (Å²) < 4.78 is 6.67. The van der Waals surface area contributed by atoms with E-state index in [9.17, 15) is 4.79 Å². The molecule has 2 N–H and O–H groups in total. The Morgan fingerprint density at radius 1 is 1.62 bits per heavy atom. The first-order chi connectivity index (χ1) is 6.00. The molecule has 0 aliphatic rings. The van der Waals surface area contributed by atoms with E-state index in [1.165, 1.54) is 0 Å². The van der Waals surface area contributed by atoms with E-state index < -0.39 is 0 Å². The number of ether oxygens (including phenoxy) is 1. The number of carbonyl (C=O) groups is 1. The number of esters is 1. The van der Waals surface area contributed by atoms with Gasteiger partial charge in [-0.2, -0.15) is 0 Å². The largest absolute Gasteiger partial charge is 0.458 e. The van der Waals surface area contributed by atoms with Crippen molar-refractivity contribution in [3.63, 3.8) is 0 Å². The van der Waals surface area contributed by atoms with Gasteiger partial charge >= 0.3 is 5.97 Å². The molecule has 4 nitrogen and oxygen atoms in total. The van der Waals surface area contributed by atoms with Crippen molar-refractivity contribution in [3.8, 4) is 0 Å². The number of nitrogens with zero attached hydrogens (tertiary/aromatic N) is 1. The van der Waals surface area contributed by atoms with Crippen molar-refractivity contribution < 1.29 is 9.53 Å². The van der Waals surface area contributed by atoms with Gasteiger partial charge in [0, 0.05) is 13.2 Å². The number of anilines is 1. The molecule has 0 amide bonds. The van der Waals surface area contributed by atoms with Gasteiger partial charge in [0.1, 0.15) is 5.69 Å². The molecule has 0 aliphatic carbocycles. The van der Waals surface area contributed by atoms with Crippen LogP contribution in [0.2, 0.25) is 0 Å². The summed E-state index contributed by atoms with van der Waals surface area (Å²) in [5, 5.41) is 0. The lowest BCUT2D eigenvalue weighted by atomic mass is 10.4. The van der Waals surface area contributed by atoms with Crippen LogP contribution in [0.3, 0.4) is 0 Å². The van der Waals surface area contributed by atoms with Crippen molar-refractivity contribution in [1.29, 1.82) is 0 Å². The van der Waals surface area contributed by atoms with Crippen LogP contribution in [0.1, 0.15) is 24.3 Å². The van der Waals surface area contributed by atoms with Gasteiger partial charge in [-0.05, 0) is 19.9 Å². The van der Waals surface area contributed by atoms with Gasteiger partial charge in [-0.25, -0.2) is 4.79 Å². The van der Waals surface area contributed by atoms with E-state index in [4.69, 9.17) is 10.5 Å². The zero-order valence-electron chi connectivity index (χ0n) is 8.07. The Hall–Kier alpha value is -1.45. The van der Waals surface area contributed by atoms with Gasteiger partial charge in [0.2, 0.25) is 0 Å². The van der Waals surface area contributed by atoms with Crippen LogP contribution < -0.4 is 5.73 Å². The van der Waals surface area contributed by atoms with Gasteiger partial charge in [-0.1, -0.05) is 0 Å². The van der Waals surface area contributed by atoms with Crippen molar-refractivity contribution >= 4 is 11.7 Å². The molecule has 1 aromatic rings. The Kier molecular flexibility index (Phi) is 2.60. The Bertz CT molecular complexity index is 315. The third-order valence-electron chi connectivity index (χ3n) is 1.58. The van der Waals surface area contributed by atoms with Crippen LogP contribution in [0.15, 0.2) is 12.3 Å². The third kappa shape index (κ3) is 2.24. The van der Waals surface area contributed by atoms with Crippen molar-refractivity contribution in [3.05, 3.63) is 18.0 Å². The Balaban J connectivity index is 2.82. The summed E-state index contributed by atoms with van der Waals surface area (Å²) >= 11 is 0. The first kappa shape index (κ1) is 9.64. The number of aromatic nitrogens is 1. The molecule has 0 fully saturated rings. The minimum atomic E-state index is -0.339. The van der Waals surface area contributed by atoms with Crippen LogP contribution in [-0.2, 0) is 11.8 Å². The van der Waals surface area contributed by atoms with Crippen molar-refractivity contribution in [1.82, 2.24) is 4.57 Å². The van der Waals surface area contributed by atoms with E-state index in [-0.39, 0.29) is 12.1 Å². The monoisotopic (exact) mass is 182 g/mol. The van der Waals surface area contributed by atoms with E-state index in [0.717, 1.165) is 0 Å². The number of hydrogen-bond acceptors (Lipinski definition) is 3. The van der Waals surface area contributed by atoms with Crippen LogP contribution in [-0.4, -0.2) is 16.6 Å². The van der Waals surface area contributed by atoms with E-state index in [1.54, 1.807) is 23.9 Å². The molecule has 0 aromatic carbocycles. The van der Waals surface area contributed by atoms with Crippen molar-refractivity contribution in [2.24, 2.45) is 7.05 Å². The average Bonchev–Trinajstić information content (AvgIpc) is 2.28. The average molecular weight is 182 g/mol. The lowest BCUT2D eigenvalue weighted by Crippen LogP contribution is -2.14. The molecule has 0 saturated heterocycles. The van der Waals surface area contributed by atoms with Gasteiger partial charge < -0.3 is 15.0 Å². The van der Waals surface area contributed by atoms with E-state index in [2.05, 4.69) is 0 Å². The molecule has 0 saturated carbocycles. The summed E-state index contributed by atoms with van der Waals surface area (Å²) in [6, 6.07) is 1.60. The van der Waals surface area contributed by atoms with Gasteiger partial charge in [0.05, 0.1) is 11.8 Å². The zero-order chi connectivity index (χ0) is 10.0. The first-order valence-corrected chi connectivity index (χ1v) is 4.13. The topological polar surface area (TPSA) is 57.2 Å². The second-order valence-electron chi connectivity index (χ2n) is 3.22. The number of rotatable bonds is 2. The SMILES string of the molecule is CC(C)OC(=O)c1cc(N)cn1C. The summed E-state index contributed by atoms with van der Waals surface area (Å²) in [5.41, 5.74) is 6.57. The van der Waals surface area contributed by atoms with E-state index in [1.807, 2.05) is 13.8 Å². The van der Waals surface area contributed by atoms with Gasteiger partial charge in [0.15, 0.2) is 0 Å². The number of nitrogens with two attached hydrogens (primary N) is 1. The Labute approximate surface area is 77.3 Å². The second kappa shape index (κ2) is 3.51. The normalized spacial score (nSPS) is 10.5. The standard InChI is InChI=1S/C9H14N2O2/c1-6(2)13-9(12)8-4-7(10)5-11(8)3/h4-6H,10H2,1-3H3. The number of hydrogen-bond donors (Lipinski definition) is 1. The molecule has 1 heterocycles. The highest BCUT2D eigenvalue weighted by molar-refractivity contribution is 5.89. The molecule has 0 aliphatic heterocycles. The van der Waals surface area contributed by atoms with Gasteiger partial charge in [0.25, 0.3) is 0 Å². The fourth-order valence-corrected chi connectivity index (χ4v) is 1.07. The predicted octanol–water partition coefficient (Wildman–Crippen LogP) is 1.17. The van der Waals surface area contributed by atoms with Crippen LogP contribution in [0.4, 0.5) is 5.69 Å². The van der Waals surface area contributed by atoms with Crippen LogP contribution in [0.25, 0.3) is 0 Å². The quantitative estimate of drug-likeness (QED) is 0.698. The summed E-state index contributed by atoms with van der Waals surface area (Å²) in [7, 11) is 1.76.